The monoisotopic (exact) mass is 459 g/mol. The average molecular weight is 460 g/mol. The van der Waals surface area contributed by atoms with Crippen LogP contribution in [-0.4, -0.2) is 28.0 Å². The minimum atomic E-state index is -3.77. The van der Waals surface area contributed by atoms with Crippen LogP contribution in [0, 0.1) is 0 Å². The molecule has 0 amide bonds. The summed E-state index contributed by atoms with van der Waals surface area (Å²) < 4.78 is 29.4. The molecule has 0 unspecified atom stereocenters. The minimum Gasteiger partial charge on any atom is -0.280 e. The Balaban J connectivity index is 1.56. The summed E-state index contributed by atoms with van der Waals surface area (Å²) in [4.78, 5) is 9.67. The summed E-state index contributed by atoms with van der Waals surface area (Å²) >= 11 is 7.53. The molecule has 0 aliphatic rings. The van der Waals surface area contributed by atoms with Gasteiger partial charge in [-0.15, -0.1) is 0 Å². The Hall–Kier alpha value is -2.62. The van der Waals surface area contributed by atoms with Crippen LogP contribution in [0.15, 0.2) is 75.7 Å². The van der Waals surface area contributed by atoms with E-state index in [0.29, 0.717) is 11.5 Å². The predicted octanol–water partition coefficient (Wildman–Crippen LogP) is 4.68. The van der Waals surface area contributed by atoms with E-state index < -0.39 is 10.0 Å². The first kappa shape index (κ1) is 20.6. The molecule has 0 bridgehead atoms. The third-order valence-corrected chi connectivity index (χ3v) is 7.12. The first-order valence-electron chi connectivity index (χ1n) is 9.21. The topological polar surface area (TPSA) is 89.2 Å². The molecular weight excluding hydrogens is 442 g/mol. The van der Waals surface area contributed by atoms with Crippen molar-refractivity contribution >= 4 is 44.9 Å². The van der Waals surface area contributed by atoms with Crippen molar-refractivity contribution in [1.29, 1.82) is 0 Å². The number of aryl methyl sites for hydroxylation is 1. The summed E-state index contributed by atoms with van der Waals surface area (Å²) in [7, 11) is -3.77. The van der Waals surface area contributed by atoms with Gasteiger partial charge in [-0.2, -0.15) is 14.6 Å². The normalized spacial score (nSPS) is 11.7. The van der Waals surface area contributed by atoms with E-state index in [2.05, 4.69) is 26.7 Å². The number of nitrogens with zero attached hydrogens (tertiary/aromatic N) is 4. The lowest BCUT2D eigenvalue weighted by atomic mass is 10.2. The molecule has 4 aromatic rings. The van der Waals surface area contributed by atoms with E-state index in [1.165, 1.54) is 24.2 Å². The van der Waals surface area contributed by atoms with Crippen LogP contribution in [0.1, 0.15) is 19.0 Å². The molecule has 0 aliphatic carbocycles. The Morgan fingerprint density at radius 3 is 2.63 bits per heavy atom. The summed E-state index contributed by atoms with van der Waals surface area (Å²) in [6.07, 6.45) is 3.33. The Morgan fingerprint density at radius 1 is 1.13 bits per heavy atom. The molecule has 0 fully saturated rings. The van der Waals surface area contributed by atoms with E-state index in [9.17, 15) is 8.42 Å². The van der Waals surface area contributed by atoms with Crippen molar-refractivity contribution < 1.29 is 8.42 Å². The van der Waals surface area contributed by atoms with Gasteiger partial charge < -0.3 is 0 Å². The number of hydrogen-bond donors (Lipinski definition) is 1. The average Bonchev–Trinajstić information content (AvgIpc) is 3.19. The van der Waals surface area contributed by atoms with Crippen LogP contribution in [0.4, 0.5) is 5.69 Å². The number of sulfonamides is 1. The highest BCUT2D eigenvalue weighted by molar-refractivity contribution is 7.99. The summed E-state index contributed by atoms with van der Waals surface area (Å²) in [6, 6.07) is 15.4. The van der Waals surface area contributed by atoms with Gasteiger partial charge >= 0.3 is 0 Å². The van der Waals surface area contributed by atoms with E-state index in [1.807, 2.05) is 18.2 Å². The van der Waals surface area contributed by atoms with Gasteiger partial charge in [-0.05, 0) is 48.9 Å². The van der Waals surface area contributed by atoms with Crippen LogP contribution in [0.25, 0.3) is 5.78 Å². The van der Waals surface area contributed by atoms with Crippen molar-refractivity contribution in [2.45, 2.75) is 34.6 Å². The maximum absolute atomic E-state index is 12.6. The highest BCUT2D eigenvalue weighted by Crippen LogP contribution is 2.30. The van der Waals surface area contributed by atoms with Gasteiger partial charge in [0.1, 0.15) is 16.2 Å². The number of aromatic nitrogens is 4. The van der Waals surface area contributed by atoms with Crippen LogP contribution in [0.2, 0.25) is 5.02 Å². The van der Waals surface area contributed by atoms with Crippen LogP contribution < -0.4 is 4.72 Å². The molecule has 7 nitrogen and oxygen atoms in total. The third kappa shape index (κ3) is 4.43. The molecule has 1 N–H and O–H groups in total. The Morgan fingerprint density at radius 2 is 1.90 bits per heavy atom. The fourth-order valence-corrected chi connectivity index (χ4v) is 5.38. The summed E-state index contributed by atoms with van der Waals surface area (Å²) in [5, 5.41) is 5.31. The number of hydrogen-bond acceptors (Lipinski definition) is 6. The number of rotatable bonds is 7. The molecule has 2 heterocycles. The van der Waals surface area contributed by atoms with Gasteiger partial charge in [0.2, 0.25) is 0 Å². The largest absolute Gasteiger partial charge is 0.280 e. The molecule has 30 heavy (non-hydrogen) atoms. The summed E-state index contributed by atoms with van der Waals surface area (Å²) in [6.45, 7) is 2.10. The smallest absolute Gasteiger partial charge is 0.263 e. The molecule has 2 aromatic carbocycles. The molecule has 4 rings (SSSR count). The lowest BCUT2D eigenvalue weighted by molar-refractivity contribution is 0.601. The molecule has 0 saturated carbocycles. The lowest BCUT2D eigenvalue weighted by Gasteiger charge is -2.10. The number of anilines is 1. The molecule has 10 heteroatoms. The Bertz CT molecular complexity index is 1290. The highest BCUT2D eigenvalue weighted by Gasteiger charge is 2.17. The molecule has 154 valence electrons. The third-order valence-electron chi connectivity index (χ3n) is 4.23. The van der Waals surface area contributed by atoms with Crippen molar-refractivity contribution in [2.75, 3.05) is 4.72 Å². The van der Waals surface area contributed by atoms with Gasteiger partial charge in [-0.1, -0.05) is 48.8 Å². The van der Waals surface area contributed by atoms with E-state index in [-0.39, 0.29) is 9.92 Å². The molecule has 0 aliphatic heterocycles. The molecule has 0 atom stereocenters. The standard InChI is InChI=1S/C20H18ClN5O2S2/c1-2-5-15-12-19(26-20(24-15)22-13-23-26)29-16-10-8-14(9-11-16)25-30(27,28)18-7-4-3-6-17(18)21/h3-4,6-13,25H,2,5H2,1H3. The first-order chi connectivity index (χ1) is 14.5. The van der Waals surface area contributed by atoms with Crippen molar-refractivity contribution in [3.63, 3.8) is 0 Å². The molecule has 0 spiro atoms. The number of halogens is 1. The summed E-state index contributed by atoms with van der Waals surface area (Å²) in [5.41, 5.74) is 1.41. The van der Waals surface area contributed by atoms with Gasteiger partial charge in [0, 0.05) is 16.3 Å². The maximum atomic E-state index is 12.6. The Labute approximate surface area is 183 Å². The van der Waals surface area contributed by atoms with Crippen LogP contribution in [-0.2, 0) is 16.4 Å². The second kappa shape index (κ2) is 8.63. The zero-order valence-electron chi connectivity index (χ0n) is 16.0. The van der Waals surface area contributed by atoms with Gasteiger partial charge in [-0.25, -0.2) is 13.4 Å². The molecule has 2 aromatic heterocycles. The second-order valence-corrected chi connectivity index (χ2v) is 9.62. The maximum Gasteiger partial charge on any atom is 0.263 e. The van der Waals surface area contributed by atoms with Crippen molar-refractivity contribution in [3.8, 4) is 0 Å². The van der Waals surface area contributed by atoms with E-state index >= 15 is 0 Å². The fourth-order valence-electron chi connectivity index (χ4n) is 2.87. The van der Waals surface area contributed by atoms with Crippen LogP contribution >= 0.6 is 23.4 Å². The van der Waals surface area contributed by atoms with Gasteiger partial charge in [0.05, 0.1) is 5.02 Å². The number of fused-ring (bicyclic) bond motifs is 1. The minimum absolute atomic E-state index is 0.0407. The highest BCUT2D eigenvalue weighted by atomic mass is 35.5. The molecule has 0 radical (unpaired) electrons. The lowest BCUT2D eigenvalue weighted by Crippen LogP contribution is -2.13. The first-order valence-corrected chi connectivity index (χ1v) is 11.9. The number of benzene rings is 2. The van der Waals surface area contributed by atoms with E-state index in [0.717, 1.165) is 28.5 Å². The van der Waals surface area contributed by atoms with Crippen molar-refractivity contribution in [1.82, 2.24) is 19.6 Å². The van der Waals surface area contributed by atoms with E-state index in [1.54, 1.807) is 34.8 Å². The van der Waals surface area contributed by atoms with Crippen LogP contribution in [0.5, 0.6) is 0 Å². The predicted molar refractivity (Wildman–Crippen MR) is 118 cm³/mol. The van der Waals surface area contributed by atoms with Gasteiger partial charge in [0.25, 0.3) is 15.8 Å². The van der Waals surface area contributed by atoms with Gasteiger partial charge in [0.15, 0.2) is 0 Å². The van der Waals surface area contributed by atoms with Crippen molar-refractivity contribution in [3.05, 3.63) is 71.6 Å². The van der Waals surface area contributed by atoms with Crippen molar-refractivity contribution in [2.24, 2.45) is 0 Å². The number of nitrogens with one attached hydrogen (secondary N) is 1. The molecular formula is C20H18ClN5O2S2. The summed E-state index contributed by atoms with van der Waals surface area (Å²) in [5.74, 6) is 0.563. The van der Waals surface area contributed by atoms with E-state index in [4.69, 9.17) is 11.6 Å². The SMILES string of the molecule is CCCc1cc(Sc2ccc(NS(=O)(=O)c3ccccc3Cl)cc2)n2ncnc2n1. The van der Waals surface area contributed by atoms with Crippen LogP contribution in [0.3, 0.4) is 0 Å². The zero-order valence-corrected chi connectivity index (χ0v) is 18.4. The fraction of sp³-hybridized carbons (Fsp3) is 0.150. The zero-order chi connectivity index (χ0) is 21.1. The quantitative estimate of drug-likeness (QED) is 0.403. The van der Waals surface area contributed by atoms with Gasteiger partial charge in [-0.3, -0.25) is 4.72 Å². The Kier molecular flexibility index (Phi) is 5.94. The second-order valence-electron chi connectivity index (χ2n) is 6.47. The molecule has 0 saturated heterocycles.